The summed E-state index contributed by atoms with van der Waals surface area (Å²) in [6.07, 6.45) is 7.88. The number of ketones is 1. The molecule has 0 saturated heterocycles. The normalized spacial score (nSPS) is 22.2. The van der Waals surface area contributed by atoms with Crippen molar-refractivity contribution in [3.8, 4) is 5.75 Å². The smallest absolute Gasteiger partial charge is 0.306 e. The molecule has 1 aliphatic rings. The highest BCUT2D eigenvalue weighted by molar-refractivity contribution is 6.30. The van der Waals surface area contributed by atoms with E-state index >= 15 is 0 Å². The Kier molecular flexibility index (Phi) is 10.9. The maximum Gasteiger partial charge on any atom is 0.306 e. The Bertz CT molecular complexity index is 803. The number of hydrogen-bond acceptors (Lipinski definition) is 6. The Morgan fingerprint density at radius 3 is 2.81 bits per heavy atom. The molecule has 0 bridgehead atoms. The van der Waals surface area contributed by atoms with Gasteiger partial charge in [-0.2, -0.15) is 0 Å². The van der Waals surface area contributed by atoms with Gasteiger partial charge in [0.1, 0.15) is 24.2 Å². The van der Waals surface area contributed by atoms with Gasteiger partial charge < -0.3 is 19.7 Å². The van der Waals surface area contributed by atoms with Gasteiger partial charge in [-0.1, -0.05) is 42.0 Å². The molecular formula is C25H33ClO6. The lowest BCUT2D eigenvalue weighted by Gasteiger charge is -2.17. The van der Waals surface area contributed by atoms with Crippen LogP contribution in [-0.2, 0) is 14.3 Å². The van der Waals surface area contributed by atoms with Crippen LogP contribution in [0, 0.1) is 11.8 Å². The number of halogens is 1. The quantitative estimate of drug-likeness (QED) is 0.272. The van der Waals surface area contributed by atoms with Crippen LogP contribution < -0.4 is 4.74 Å². The van der Waals surface area contributed by atoms with Crippen LogP contribution in [0.25, 0.3) is 0 Å². The second kappa shape index (κ2) is 13.4. The predicted molar refractivity (Wildman–Crippen MR) is 124 cm³/mol. The molecule has 0 spiro atoms. The summed E-state index contributed by atoms with van der Waals surface area (Å²) >= 11 is 5.91. The highest BCUT2D eigenvalue weighted by atomic mass is 35.5. The van der Waals surface area contributed by atoms with E-state index in [2.05, 4.69) is 0 Å². The van der Waals surface area contributed by atoms with Crippen LogP contribution in [0.1, 0.15) is 46.0 Å². The number of aliphatic hydroxyl groups is 2. The number of aliphatic hydroxyl groups excluding tert-OH is 2. The van der Waals surface area contributed by atoms with Crippen LogP contribution in [0.3, 0.4) is 0 Å². The molecule has 2 rings (SSSR count). The molecule has 176 valence electrons. The molecule has 1 aromatic rings. The average molecular weight is 465 g/mol. The molecule has 0 amide bonds. The maximum atomic E-state index is 12.3. The van der Waals surface area contributed by atoms with Crippen LogP contribution in [0.2, 0.25) is 5.02 Å². The summed E-state index contributed by atoms with van der Waals surface area (Å²) in [5.74, 6) is -0.365. The number of carbonyl (C=O) groups is 2. The molecule has 1 aromatic carbocycles. The molecule has 1 aliphatic carbocycles. The molecule has 1 saturated carbocycles. The van der Waals surface area contributed by atoms with E-state index in [0.717, 1.165) is 6.42 Å². The van der Waals surface area contributed by atoms with Crippen LogP contribution in [0.5, 0.6) is 5.75 Å². The van der Waals surface area contributed by atoms with Crippen molar-refractivity contribution in [2.75, 3.05) is 6.61 Å². The van der Waals surface area contributed by atoms with E-state index in [1.807, 2.05) is 26.0 Å². The van der Waals surface area contributed by atoms with E-state index in [1.54, 1.807) is 36.4 Å². The Morgan fingerprint density at radius 2 is 2.09 bits per heavy atom. The highest BCUT2D eigenvalue weighted by Crippen LogP contribution is 2.33. The topological polar surface area (TPSA) is 93.1 Å². The number of esters is 1. The zero-order chi connectivity index (χ0) is 23.5. The minimum absolute atomic E-state index is 0.0319. The third-order valence-electron chi connectivity index (χ3n) is 5.19. The van der Waals surface area contributed by atoms with Gasteiger partial charge in [0.2, 0.25) is 0 Å². The van der Waals surface area contributed by atoms with E-state index in [1.165, 1.54) is 0 Å². The van der Waals surface area contributed by atoms with Crippen molar-refractivity contribution in [2.24, 2.45) is 11.8 Å². The second-order valence-corrected chi connectivity index (χ2v) is 8.72. The van der Waals surface area contributed by atoms with Gasteiger partial charge in [-0.05, 0) is 51.3 Å². The summed E-state index contributed by atoms with van der Waals surface area (Å²) in [6.45, 7) is 3.68. The predicted octanol–water partition coefficient (Wildman–Crippen LogP) is 4.27. The lowest BCUT2D eigenvalue weighted by molar-refractivity contribution is -0.147. The zero-order valence-corrected chi connectivity index (χ0v) is 19.4. The maximum absolute atomic E-state index is 12.3. The number of hydrogen-bond donors (Lipinski definition) is 2. The van der Waals surface area contributed by atoms with Crippen molar-refractivity contribution in [1.82, 2.24) is 0 Å². The number of ether oxygens (including phenoxy) is 2. The van der Waals surface area contributed by atoms with Crippen LogP contribution >= 0.6 is 11.6 Å². The number of allylic oxidation sites excluding steroid dienone is 3. The van der Waals surface area contributed by atoms with Crippen LogP contribution in [-0.4, -0.2) is 46.9 Å². The summed E-state index contributed by atoms with van der Waals surface area (Å²) in [4.78, 5) is 23.8. The molecule has 0 aromatic heterocycles. The minimum Gasteiger partial charge on any atom is -0.491 e. The standard InChI is InChI=1S/C25H33ClO6/c1-17(2)32-25(30)11-6-4-3-5-10-21-22(24(29)15-23(21)28)13-12-19(27)16-31-20-9-7-8-18(26)14-20/h3,5,7-9,12-14,17,19,21-23,27-28H,4,6,10-11,15-16H2,1-2H3/t19-,21-,22-,23+/m1/s1. The average Bonchev–Trinajstić information content (AvgIpc) is 2.99. The first-order chi connectivity index (χ1) is 15.3. The van der Waals surface area contributed by atoms with Gasteiger partial charge in [0, 0.05) is 29.7 Å². The molecule has 0 aliphatic heterocycles. The number of rotatable bonds is 12. The van der Waals surface area contributed by atoms with E-state index in [0.29, 0.717) is 30.0 Å². The second-order valence-electron chi connectivity index (χ2n) is 8.29. The van der Waals surface area contributed by atoms with E-state index in [-0.39, 0.29) is 36.8 Å². The van der Waals surface area contributed by atoms with Crippen molar-refractivity contribution < 1.29 is 29.3 Å². The van der Waals surface area contributed by atoms with E-state index < -0.39 is 18.1 Å². The first-order valence-electron chi connectivity index (χ1n) is 11.1. The number of Topliss-reactive ketones (excluding diaryl/α,β-unsaturated/α-hetero) is 1. The molecule has 0 radical (unpaired) electrons. The van der Waals surface area contributed by atoms with Crippen LogP contribution in [0.15, 0.2) is 48.6 Å². The van der Waals surface area contributed by atoms with Crippen molar-refractivity contribution in [1.29, 1.82) is 0 Å². The summed E-state index contributed by atoms with van der Waals surface area (Å²) in [5, 5.41) is 21.0. The van der Waals surface area contributed by atoms with Crippen molar-refractivity contribution >= 4 is 23.4 Å². The fourth-order valence-electron chi connectivity index (χ4n) is 3.62. The largest absolute Gasteiger partial charge is 0.491 e. The number of unbranched alkanes of at least 4 members (excludes halogenated alkanes) is 1. The minimum atomic E-state index is -0.888. The van der Waals surface area contributed by atoms with Gasteiger partial charge in [-0.15, -0.1) is 0 Å². The zero-order valence-electron chi connectivity index (χ0n) is 18.7. The lowest BCUT2D eigenvalue weighted by atomic mass is 9.90. The molecule has 6 nitrogen and oxygen atoms in total. The van der Waals surface area contributed by atoms with E-state index in [4.69, 9.17) is 21.1 Å². The van der Waals surface area contributed by atoms with Gasteiger partial charge in [0.15, 0.2) is 0 Å². The third kappa shape index (κ3) is 9.15. The summed E-state index contributed by atoms with van der Waals surface area (Å²) < 4.78 is 10.6. The van der Waals surface area contributed by atoms with E-state index in [9.17, 15) is 19.8 Å². The Balaban J connectivity index is 1.79. The number of carbonyl (C=O) groups excluding carboxylic acids is 2. The SMILES string of the molecule is CC(C)OC(=O)CCCC=CC[C@H]1[C@@H](O)CC(=O)[C@@H]1C=C[C@@H](O)COc1cccc(Cl)c1. The van der Waals surface area contributed by atoms with Crippen molar-refractivity contribution in [2.45, 2.75) is 64.3 Å². The van der Waals surface area contributed by atoms with Crippen molar-refractivity contribution in [3.63, 3.8) is 0 Å². The van der Waals surface area contributed by atoms with Gasteiger partial charge in [0.25, 0.3) is 0 Å². The molecule has 2 N–H and O–H groups in total. The molecular weight excluding hydrogens is 432 g/mol. The van der Waals surface area contributed by atoms with Crippen LogP contribution in [0.4, 0.5) is 0 Å². The monoisotopic (exact) mass is 464 g/mol. The summed E-state index contributed by atoms with van der Waals surface area (Å²) in [5.41, 5.74) is 0. The molecule has 0 unspecified atom stereocenters. The Labute approximate surface area is 194 Å². The number of benzene rings is 1. The van der Waals surface area contributed by atoms with Gasteiger partial charge in [-0.25, -0.2) is 0 Å². The van der Waals surface area contributed by atoms with Crippen molar-refractivity contribution in [3.05, 3.63) is 53.6 Å². The Hall–Kier alpha value is -2.15. The molecule has 0 heterocycles. The summed E-state index contributed by atoms with van der Waals surface area (Å²) in [6, 6.07) is 6.89. The summed E-state index contributed by atoms with van der Waals surface area (Å²) in [7, 11) is 0. The fourth-order valence-corrected chi connectivity index (χ4v) is 3.80. The van der Waals surface area contributed by atoms with Gasteiger partial charge in [-0.3, -0.25) is 9.59 Å². The molecule has 1 fully saturated rings. The molecule has 4 atom stereocenters. The fraction of sp³-hybridized carbons (Fsp3) is 0.520. The molecule has 7 heteroatoms. The lowest BCUT2D eigenvalue weighted by Crippen LogP contribution is -2.20. The highest BCUT2D eigenvalue weighted by Gasteiger charge is 2.39. The third-order valence-corrected chi connectivity index (χ3v) is 5.42. The van der Waals surface area contributed by atoms with Gasteiger partial charge >= 0.3 is 5.97 Å². The first kappa shape index (κ1) is 26.1. The first-order valence-corrected chi connectivity index (χ1v) is 11.4. The molecule has 32 heavy (non-hydrogen) atoms. The Morgan fingerprint density at radius 1 is 1.31 bits per heavy atom. The van der Waals surface area contributed by atoms with Gasteiger partial charge in [0.05, 0.1) is 12.2 Å².